The predicted molar refractivity (Wildman–Crippen MR) is 96.9 cm³/mol. The maximum atomic E-state index is 13.4. The first-order valence-electron chi connectivity index (χ1n) is 9.27. The fraction of sp³-hybridized carbons (Fsp3) is 0.632. The molecular formula is C19H29N3O3. The van der Waals surface area contributed by atoms with E-state index in [9.17, 15) is 9.90 Å². The minimum atomic E-state index is -0.320. The Kier molecular flexibility index (Phi) is 5.81. The van der Waals surface area contributed by atoms with Crippen molar-refractivity contribution < 1.29 is 14.6 Å². The number of benzene rings is 1. The Labute approximate surface area is 149 Å². The maximum absolute atomic E-state index is 13.4. The van der Waals surface area contributed by atoms with Crippen LogP contribution in [-0.4, -0.2) is 66.7 Å². The fourth-order valence-electron chi connectivity index (χ4n) is 3.95. The molecule has 1 aromatic carbocycles. The van der Waals surface area contributed by atoms with Gasteiger partial charge in [-0.2, -0.15) is 0 Å². The lowest BCUT2D eigenvalue weighted by molar-refractivity contribution is -0.137. The van der Waals surface area contributed by atoms with Gasteiger partial charge in [-0.15, -0.1) is 0 Å². The largest absolute Gasteiger partial charge is 0.504 e. The zero-order valence-electron chi connectivity index (χ0n) is 15.2. The lowest BCUT2D eigenvalue weighted by Crippen LogP contribution is -2.55. The van der Waals surface area contributed by atoms with E-state index in [2.05, 4.69) is 17.1 Å². The summed E-state index contributed by atoms with van der Waals surface area (Å²) in [5.41, 5.74) is 0.895. The van der Waals surface area contributed by atoms with Crippen LogP contribution in [0, 0.1) is 0 Å². The van der Waals surface area contributed by atoms with Gasteiger partial charge in [0.05, 0.1) is 7.11 Å². The molecule has 0 spiro atoms. The van der Waals surface area contributed by atoms with Crippen LogP contribution in [-0.2, 0) is 4.79 Å². The highest BCUT2D eigenvalue weighted by atomic mass is 16.5. The van der Waals surface area contributed by atoms with Crippen molar-refractivity contribution in [3.05, 3.63) is 23.8 Å². The summed E-state index contributed by atoms with van der Waals surface area (Å²) in [7, 11) is 1.54. The van der Waals surface area contributed by atoms with Crippen LogP contribution >= 0.6 is 0 Å². The van der Waals surface area contributed by atoms with Gasteiger partial charge >= 0.3 is 0 Å². The molecule has 1 amide bonds. The van der Waals surface area contributed by atoms with Crippen molar-refractivity contribution in [2.45, 2.75) is 38.3 Å². The SMILES string of the molecule is CCC1CNCCN1C(C(=O)N1CCCC1)c1ccc(O)c(OC)c1. The first-order chi connectivity index (χ1) is 12.2. The number of hydrogen-bond donors (Lipinski definition) is 2. The molecule has 6 heteroatoms. The molecule has 0 aromatic heterocycles. The number of likely N-dealkylation sites (tertiary alicyclic amines) is 1. The number of carbonyl (C=O) groups is 1. The van der Waals surface area contributed by atoms with Gasteiger partial charge in [0.2, 0.25) is 5.91 Å². The van der Waals surface area contributed by atoms with Crippen molar-refractivity contribution in [1.29, 1.82) is 0 Å². The normalized spacial score (nSPS) is 22.8. The molecule has 6 nitrogen and oxygen atoms in total. The number of nitrogens with one attached hydrogen (secondary N) is 1. The van der Waals surface area contributed by atoms with Crippen molar-refractivity contribution in [2.75, 3.05) is 39.8 Å². The van der Waals surface area contributed by atoms with Gasteiger partial charge in [0.25, 0.3) is 0 Å². The lowest BCUT2D eigenvalue weighted by Gasteiger charge is -2.42. The third-order valence-corrected chi connectivity index (χ3v) is 5.37. The second-order valence-electron chi connectivity index (χ2n) is 6.87. The van der Waals surface area contributed by atoms with Crippen molar-refractivity contribution >= 4 is 5.91 Å². The number of piperazine rings is 1. The summed E-state index contributed by atoms with van der Waals surface area (Å²) in [6, 6.07) is 5.29. The Bertz CT molecular complexity index is 602. The van der Waals surface area contributed by atoms with Crippen molar-refractivity contribution in [3.8, 4) is 11.5 Å². The highest BCUT2D eigenvalue weighted by Gasteiger charge is 2.37. The molecule has 25 heavy (non-hydrogen) atoms. The van der Waals surface area contributed by atoms with Gasteiger partial charge < -0.3 is 20.1 Å². The molecule has 2 atom stereocenters. The van der Waals surface area contributed by atoms with E-state index in [1.165, 1.54) is 7.11 Å². The third-order valence-electron chi connectivity index (χ3n) is 5.37. The maximum Gasteiger partial charge on any atom is 0.244 e. The molecule has 0 radical (unpaired) electrons. The summed E-state index contributed by atoms with van der Waals surface area (Å²) in [6.07, 6.45) is 3.15. The highest BCUT2D eigenvalue weighted by Crippen LogP contribution is 2.34. The quantitative estimate of drug-likeness (QED) is 0.850. The number of phenols is 1. The molecule has 0 saturated carbocycles. The van der Waals surface area contributed by atoms with E-state index in [-0.39, 0.29) is 17.7 Å². The minimum Gasteiger partial charge on any atom is -0.504 e. The van der Waals surface area contributed by atoms with E-state index in [4.69, 9.17) is 4.74 Å². The van der Waals surface area contributed by atoms with E-state index in [1.54, 1.807) is 6.07 Å². The summed E-state index contributed by atoms with van der Waals surface area (Å²) in [4.78, 5) is 17.7. The third kappa shape index (κ3) is 3.75. The van der Waals surface area contributed by atoms with Crippen LogP contribution in [0.5, 0.6) is 11.5 Å². The zero-order chi connectivity index (χ0) is 17.8. The van der Waals surface area contributed by atoms with Gasteiger partial charge in [-0.3, -0.25) is 9.69 Å². The van der Waals surface area contributed by atoms with Crippen LogP contribution < -0.4 is 10.1 Å². The summed E-state index contributed by atoms with van der Waals surface area (Å²) in [5, 5.41) is 13.4. The van der Waals surface area contributed by atoms with E-state index < -0.39 is 0 Å². The number of hydrogen-bond acceptors (Lipinski definition) is 5. The molecule has 2 fully saturated rings. The lowest BCUT2D eigenvalue weighted by atomic mass is 9.98. The second kappa shape index (κ2) is 8.06. The van der Waals surface area contributed by atoms with Gasteiger partial charge in [-0.1, -0.05) is 13.0 Å². The summed E-state index contributed by atoms with van der Waals surface area (Å²) >= 11 is 0. The van der Waals surface area contributed by atoms with Gasteiger partial charge in [0, 0.05) is 38.8 Å². The molecule has 1 aromatic rings. The Morgan fingerprint density at radius 1 is 1.36 bits per heavy atom. The zero-order valence-corrected chi connectivity index (χ0v) is 15.2. The minimum absolute atomic E-state index is 0.103. The number of amides is 1. The average molecular weight is 347 g/mol. The van der Waals surface area contributed by atoms with Crippen LogP contribution in [0.1, 0.15) is 37.8 Å². The van der Waals surface area contributed by atoms with E-state index >= 15 is 0 Å². The van der Waals surface area contributed by atoms with Gasteiger partial charge in [-0.25, -0.2) is 0 Å². The van der Waals surface area contributed by atoms with Crippen molar-refractivity contribution in [1.82, 2.24) is 15.1 Å². The van der Waals surface area contributed by atoms with Gasteiger partial charge in [-0.05, 0) is 37.0 Å². The Morgan fingerprint density at radius 3 is 2.80 bits per heavy atom. The molecule has 2 aliphatic heterocycles. The Hall–Kier alpha value is -1.79. The van der Waals surface area contributed by atoms with Crippen molar-refractivity contribution in [3.63, 3.8) is 0 Å². The first-order valence-corrected chi connectivity index (χ1v) is 9.27. The number of phenolic OH excluding ortho intramolecular Hbond substituents is 1. The molecule has 138 valence electrons. The van der Waals surface area contributed by atoms with Crippen LogP contribution in [0.2, 0.25) is 0 Å². The number of carbonyl (C=O) groups excluding carboxylic acids is 1. The second-order valence-corrected chi connectivity index (χ2v) is 6.87. The first kappa shape index (κ1) is 18.0. The van der Waals surface area contributed by atoms with Crippen LogP contribution in [0.4, 0.5) is 0 Å². The molecule has 2 saturated heterocycles. The monoisotopic (exact) mass is 347 g/mol. The summed E-state index contributed by atoms with van der Waals surface area (Å²) in [6.45, 7) is 6.47. The summed E-state index contributed by atoms with van der Waals surface area (Å²) < 4.78 is 5.28. The van der Waals surface area contributed by atoms with Crippen LogP contribution in [0.15, 0.2) is 18.2 Å². The summed E-state index contributed by atoms with van der Waals surface area (Å²) in [5.74, 6) is 0.691. The number of rotatable bonds is 5. The fourth-order valence-corrected chi connectivity index (χ4v) is 3.95. The van der Waals surface area contributed by atoms with E-state index in [0.29, 0.717) is 11.8 Å². The molecular weight excluding hydrogens is 318 g/mol. The molecule has 2 aliphatic rings. The van der Waals surface area contributed by atoms with Crippen LogP contribution in [0.25, 0.3) is 0 Å². The number of aromatic hydroxyl groups is 1. The number of ether oxygens (including phenoxy) is 1. The molecule has 0 bridgehead atoms. The Balaban J connectivity index is 1.97. The molecule has 2 unspecified atom stereocenters. The standard InChI is InChI=1S/C19H29N3O3/c1-3-15-13-20-8-11-22(15)18(19(24)21-9-4-5-10-21)14-6-7-16(23)17(12-14)25-2/h6-7,12,15,18,20,23H,3-5,8-11,13H2,1-2H3. The predicted octanol–water partition coefficient (Wildman–Crippen LogP) is 1.75. The molecule has 0 aliphatic carbocycles. The van der Waals surface area contributed by atoms with E-state index in [0.717, 1.165) is 57.5 Å². The average Bonchev–Trinajstić information content (AvgIpc) is 3.18. The number of methoxy groups -OCH3 is 1. The highest BCUT2D eigenvalue weighted by molar-refractivity contribution is 5.84. The topological polar surface area (TPSA) is 65.0 Å². The number of nitrogens with zero attached hydrogens (tertiary/aromatic N) is 2. The van der Waals surface area contributed by atoms with Crippen molar-refractivity contribution in [2.24, 2.45) is 0 Å². The smallest absolute Gasteiger partial charge is 0.244 e. The van der Waals surface area contributed by atoms with Gasteiger partial charge in [0.1, 0.15) is 6.04 Å². The Morgan fingerprint density at radius 2 is 2.12 bits per heavy atom. The van der Waals surface area contributed by atoms with E-state index in [1.807, 2.05) is 17.0 Å². The van der Waals surface area contributed by atoms with Gasteiger partial charge in [0.15, 0.2) is 11.5 Å². The molecule has 2 heterocycles. The van der Waals surface area contributed by atoms with Crippen LogP contribution in [0.3, 0.4) is 0 Å². The molecule has 2 N–H and O–H groups in total. The molecule has 3 rings (SSSR count).